The molecule has 0 bridgehead atoms. The Morgan fingerprint density at radius 3 is 1.38 bits per heavy atom. The summed E-state index contributed by atoms with van der Waals surface area (Å²) in [6.45, 7) is 13.5. The van der Waals surface area contributed by atoms with Crippen molar-refractivity contribution in [2.24, 2.45) is 11.8 Å². The maximum atomic E-state index is 12.7. The summed E-state index contributed by atoms with van der Waals surface area (Å²) in [5.41, 5.74) is 14.3. The van der Waals surface area contributed by atoms with E-state index in [0.29, 0.717) is 24.7 Å². The van der Waals surface area contributed by atoms with E-state index in [2.05, 4.69) is 149 Å². The quantitative estimate of drug-likeness (QED) is 0.0729. The molecule has 0 aliphatic heterocycles. The first kappa shape index (κ1) is 42.4. The number of halogens is 2. The van der Waals surface area contributed by atoms with Gasteiger partial charge in [0, 0.05) is 0 Å². The van der Waals surface area contributed by atoms with Crippen LogP contribution >= 0.6 is 17.0 Å². The third-order valence-electron chi connectivity index (χ3n) is 11.9. The second-order valence-electron chi connectivity index (χ2n) is 16.9. The van der Waals surface area contributed by atoms with Crippen molar-refractivity contribution < 1.29 is 25.8 Å². The second-order valence-corrected chi connectivity index (χ2v) is 38.3. The summed E-state index contributed by atoms with van der Waals surface area (Å²) in [4.78, 5) is 25.3. The molecule has 2 aliphatic rings. The van der Waals surface area contributed by atoms with Gasteiger partial charge in [0.2, 0.25) is 0 Å². The molecule has 293 valence electrons. The van der Waals surface area contributed by atoms with Gasteiger partial charge in [0.25, 0.3) is 0 Å². The van der Waals surface area contributed by atoms with Gasteiger partial charge >= 0.3 is 346 Å². The van der Waals surface area contributed by atoms with Gasteiger partial charge in [-0.3, -0.25) is 0 Å². The van der Waals surface area contributed by atoms with Crippen LogP contribution in [0.5, 0.6) is 0 Å². The molecular weight excluding hydrogens is 809 g/mol. The monoisotopic (exact) mass is 865 g/mol. The van der Waals surface area contributed by atoms with E-state index in [1.807, 2.05) is 0 Å². The van der Waals surface area contributed by atoms with Crippen LogP contribution in [-0.2, 0) is 38.6 Å². The SMILES string of the molecule is CCCCC1=Cc2c(-c3ccccc3CC(C)C)cccc2[CH]1[Zr]([Cl])([Cl])([B](NC=O)NC=O)[CH]1C(CCCC)=Cc2c(-c3ccccc3CC(C)C)cccc21. The fraction of sp³-hybridized carbons (Fsp3) is 0.375. The van der Waals surface area contributed by atoms with Crippen LogP contribution in [0.4, 0.5) is 0 Å². The summed E-state index contributed by atoms with van der Waals surface area (Å²) < 4.78 is -1.69. The van der Waals surface area contributed by atoms with E-state index in [-0.39, 0.29) is 7.25 Å². The summed E-state index contributed by atoms with van der Waals surface area (Å²) in [6.07, 6.45) is 13.6. The fourth-order valence-corrected chi connectivity index (χ4v) is 30.4. The van der Waals surface area contributed by atoms with E-state index < -0.39 is 20.7 Å². The third-order valence-corrected chi connectivity index (χ3v) is 32.0. The molecule has 56 heavy (non-hydrogen) atoms. The molecule has 0 radical (unpaired) electrons. The van der Waals surface area contributed by atoms with E-state index in [9.17, 15) is 9.59 Å². The Kier molecular flexibility index (Phi) is 13.8. The second kappa shape index (κ2) is 18.2. The first-order valence-electron chi connectivity index (χ1n) is 20.8. The topological polar surface area (TPSA) is 58.2 Å². The van der Waals surface area contributed by atoms with E-state index in [4.69, 9.17) is 17.0 Å². The van der Waals surface area contributed by atoms with E-state index in [1.54, 1.807) is 0 Å². The number of hydrogen-bond acceptors (Lipinski definition) is 2. The third kappa shape index (κ3) is 8.10. The first-order valence-corrected chi connectivity index (χ1v) is 31.4. The van der Waals surface area contributed by atoms with Crippen molar-refractivity contribution in [2.45, 2.75) is 100 Å². The Hall–Kier alpha value is -3.17. The number of amides is 2. The van der Waals surface area contributed by atoms with Gasteiger partial charge in [0.05, 0.1) is 0 Å². The number of benzene rings is 4. The molecule has 2 atom stereocenters. The normalized spacial score (nSPS) is 16.8. The number of hydrogen-bond donors (Lipinski definition) is 2. The molecule has 0 heterocycles. The van der Waals surface area contributed by atoms with E-state index in [0.717, 1.165) is 73.6 Å². The molecule has 2 N–H and O–H groups in total. The number of fused-ring (bicyclic) bond motifs is 2. The van der Waals surface area contributed by atoms with Crippen LogP contribution in [0.1, 0.15) is 121 Å². The van der Waals surface area contributed by atoms with Gasteiger partial charge in [-0.25, -0.2) is 0 Å². The molecule has 0 saturated heterocycles. The van der Waals surface area contributed by atoms with Crippen LogP contribution in [0, 0.1) is 11.8 Å². The predicted molar refractivity (Wildman–Crippen MR) is 237 cm³/mol. The van der Waals surface area contributed by atoms with Gasteiger partial charge in [-0.1, -0.05) is 0 Å². The first-order chi connectivity index (χ1) is 27.0. The van der Waals surface area contributed by atoms with Gasteiger partial charge in [-0.2, -0.15) is 0 Å². The summed E-state index contributed by atoms with van der Waals surface area (Å²) >= 11 is -5.90. The van der Waals surface area contributed by atoms with Crippen LogP contribution in [0.25, 0.3) is 34.4 Å². The molecule has 2 unspecified atom stereocenters. The molecule has 4 aromatic carbocycles. The van der Waals surface area contributed by atoms with Crippen molar-refractivity contribution in [3.8, 4) is 22.3 Å². The Morgan fingerprint density at radius 1 is 0.607 bits per heavy atom. The predicted octanol–water partition coefficient (Wildman–Crippen LogP) is 12.8. The molecule has 2 amide bonds. The average molecular weight is 868 g/mol. The Morgan fingerprint density at radius 2 is 1.00 bits per heavy atom. The Bertz CT molecular complexity index is 1980. The molecule has 4 aromatic rings. The molecule has 8 heteroatoms. The fourth-order valence-electron chi connectivity index (χ4n) is 9.70. The molecule has 2 aliphatic carbocycles. The average Bonchev–Trinajstić information content (AvgIpc) is 3.76. The van der Waals surface area contributed by atoms with Gasteiger partial charge in [-0.05, 0) is 0 Å². The molecular formula is C48H58BCl2N2O2Zr. The zero-order valence-electron chi connectivity index (χ0n) is 34.0. The van der Waals surface area contributed by atoms with Gasteiger partial charge in [0.15, 0.2) is 0 Å². The summed E-state index contributed by atoms with van der Waals surface area (Å²) in [6, 6.07) is 30.6. The molecule has 6 rings (SSSR count). The summed E-state index contributed by atoms with van der Waals surface area (Å²) in [5, 5.41) is 6.08. The number of nitrogens with one attached hydrogen (secondary N) is 2. The standard InChI is InChI=1S/2C23H27.C2H3BN2O2.2ClH.Zr/c2*1-4-5-9-18-15-20-11-8-13-22(23(20)16-18)21-12-7-6-10-19(21)14-17(2)3;6-1-4-3-5-2-7;;;/h2*6-8,10-13,15-17H,4-5,9,14H2,1-3H3;1-2H,(H-,4,5,6,7);2*1H;/q;;;;;+1/p-1. The minimum atomic E-state index is -5.90. The molecule has 0 aromatic heterocycles. The zero-order chi connectivity index (χ0) is 40.1. The minimum absolute atomic E-state index is 0.374. The van der Waals surface area contributed by atoms with Crippen molar-refractivity contribution in [1.82, 2.24) is 10.5 Å². The molecule has 0 fully saturated rings. The van der Waals surface area contributed by atoms with Crippen LogP contribution in [0.15, 0.2) is 96.1 Å². The maximum absolute atomic E-state index is 12.7. The number of unbranched alkanes of at least 4 members (excludes halogenated alkanes) is 2. The zero-order valence-corrected chi connectivity index (χ0v) is 38.0. The Labute approximate surface area is 344 Å². The number of allylic oxidation sites excluding steroid dienone is 2. The Balaban J connectivity index is 1.66. The van der Waals surface area contributed by atoms with E-state index in [1.165, 1.54) is 44.5 Å². The van der Waals surface area contributed by atoms with Gasteiger partial charge < -0.3 is 0 Å². The van der Waals surface area contributed by atoms with Crippen molar-refractivity contribution in [1.29, 1.82) is 0 Å². The molecule has 0 spiro atoms. The van der Waals surface area contributed by atoms with E-state index >= 15 is 0 Å². The van der Waals surface area contributed by atoms with Crippen LogP contribution in [0.3, 0.4) is 0 Å². The number of carbonyl (C=O) groups excluding carboxylic acids is 2. The molecule has 4 nitrogen and oxygen atoms in total. The van der Waals surface area contributed by atoms with Crippen LogP contribution in [-0.4, -0.2) is 17.3 Å². The van der Waals surface area contributed by atoms with Crippen molar-refractivity contribution in [3.63, 3.8) is 0 Å². The molecule has 0 saturated carbocycles. The van der Waals surface area contributed by atoms with Crippen molar-refractivity contribution >= 4 is 46.5 Å². The van der Waals surface area contributed by atoms with Crippen molar-refractivity contribution in [3.05, 3.63) is 129 Å². The van der Waals surface area contributed by atoms with Gasteiger partial charge in [0.1, 0.15) is 0 Å². The summed E-state index contributed by atoms with van der Waals surface area (Å²) in [5.74, 6) is 0.994. The van der Waals surface area contributed by atoms with Crippen LogP contribution < -0.4 is 10.5 Å². The van der Waals surface area contributed by atoms with Crippen LogP contribution in [0.2, 0.25) is 0 Å². The summed E-state index contributed by atoms with van der Waals surface area (Å²) in [7, 11) is 17.6. The number of rotatable bonds is 19. The van der Waals surface area contributed by atoms with Crippen molar-refractivity contribution in [2.75, 3.05) is 0 Å². The van der Waals surface area contributed by atoms with Gasteiger partial charge in [-0.15, -0.1) is 0 Å². The number of carbonyl (C=O) groups is 2.